The summed E-state index contributed by atoms with van der Waals surface area (Å²) in [6.07, 6.45) is 0. The molecule has 0 heterocycles. The molecule has 0 fully saturated rings. The second-order valence-corrected chi connectivity index (χ2v) is 4.57. The van der Waals surface area contributed by atoms with Crippen LogP contribution in [-0.4, -0.2) is 0 Å². The highest BCUT2D eigenvalue weighted by atomic mass is 19.2. The van der Waals surface area contributed by atoms with Gasteiger partial charge >= 0.3 is 0 Å². The summed E-state index contributed by atoms with van der Waals surface area (Å²) in [6.45, 7) is 0. The Morgan fingerprint density at radius 1 is 0.857 bits per heavy atom. The first-order chi connectivity index (χ1) is 10.2. The molecule has 0 saturated heterocycles. The lowest BCUT2D eigenvalue weighted by Crippen LogP contribution is -1.94. The van der Waals surface area contributed by atoms with Crippen molar-refractivity contribution in [2.24, 2.45) is 0 Å². The van der Waals surface area contributed by atoms with E-state index in [1.165, 1.54) is 6.07 Å². The molecule has 0 spiro atoms. The number of hydrogen-bond acceptors (Lipinski definition) is 2. The number of rotatable bonds is 2. The summed E-state index contributed by atoms with van der Waals surface area (Å²) >= 11 is 0. The van der Waals surface area contributed by atoms with Crippen LogP contribution >= 0.6 is 0 Å². The van der Waals surface area contributed by atoms with Gasteiger partial charge in [-0.05, 0) is 24.3 Å². The predicted molar refractivity (Wildman–Crippen MR) is 78.3 cm³/mol. The highest BCUT2D eigenvalue weighted by molar-refractivity contribution is 5.98. The normalized spacial score (nSPS) is 10.3. The van der Waals surface area contributed by atoms with Gasteiger partial charge in [0.05, 0.1) is 11.6 Å². The molecule has 0 aliphatic rings. The van der Waals surface area contributed by atoms with E-state index in [2.05, 4.69) is 11.4 Å². The molecule has 0 radical (unpaired) electrons. The zero-order valence-electron chi connectivity index (χ0n) is 10.9. The second kappa shape index (κ2) is 5.22. The molecule has 0 atom stereocenters. The molecule has 4 heteroatoms. The number of nitrogens with one attached hydrogen (secondary N) is 1. The molecule has 102 valence electrons. The van der Waals surface area contributed by atoms with Crippen molar-refractivity contribution in [2.75, 3.05) is 5.32 Å². The summed E-state index contributed by atoms with van der Waals surface area (Å²) < 4.78 is 26.2. The van der Waals surface area contributed by atoms with Gasteiger partial charge < -0.3 is 5.32 Å². The van der Waals surface area contributed by atoms with Gasteiger partial charge in [0.25, 0.3) is 0 Å². The first kappa shape index (κ1) is 13.1. The van der Waals surface area contributed by atoms with Crippen molar-refractivity contribution in [3.63, 3.8) is 0 Å². The zero-order valence-corrected chi connectivity index (χ0v) is 10.9. The van der Waals surface area contributed by atoms with Gasteiger partial charge in [-0.25, -0.2) is 8.78 Å². The lowest BCUT2D eigenvalue weighted by Gasteiger charge is -2.11. The first-order valence-electron chi connectivity index (χ1n) is 6.33. The van der Waals surface area contributed by atoms with Gasteiger partial charge in [-0.15, -0.1) is 0 Å². The Labute approximate surface area is 120 Å². The Morgan fingerprint density at radius 2 is 1.62 bits per heavy atom. The van der Waals surface area contributed by atoms with Gasteiger partial charge in [0.15, 0.2) is 11.6 Å². The molecule has 0 saturated carbocycles. The maximum absolute atomic E-state index is 13.3. The van der Waals surface area contributed by atoms with Gasteiger partial charge in [-0.3, -0.25) is 0 Å². The number of anilines is 2. The Balaban J connectivity index is 2.09. The van der Waals surface area contributed by atoms with Crippen molar-refractivity contribution in [1.82, 2.24) is 0 Å². The topological polar surface area (TPSA) is 35.8 Å². The summed E-state index contributed by atoms with van der Waals surface area (Å²) in [5, 5.41) is 13.8. The van der Waals surface area contributed by atoms with Crippen LogP contribution in [0.1, 0.15) is 5.56 Å². The van der Waals surface area contributed by atoms with E-state index >= 15 is 0 Å². The average Bonchev–Trinajstić information content (AvgIpc) is 2.51. The van der Waals surface area contributed by atoms with Crippen LogP contribution in [-0.2, 0) is 0 Å². The Bertz CT molecular complexity index is 866. The molecule has 0 amide bonds. The van der Waals surface area contributed by atoms with Gasteiger partial charge in [0.2, 0.25) is 0 Å². The van der Waals surface area contributed by atoms with E-state index in [1.807, 2.05) is 24.3 Å². The molecule has 0 aromatic heterocycles. The number of nitrogens with zero attached hydrogens (tertiary/aromatic N) is 1. The fourth-order valence-corrected chi connectivity index (χ4v) is 2.23. The predicted octanol–water partition coefficient (Wildman–Crippen LogP) is 4.73. The van der Waals surface area contributed by atoms with Crippen LogP contribution in [0.3, 0.4) is 0 Å². The third-order valence-corrected chi connectivity index (χ3v) is 3.24. The lowest BCUT2D eigenvalue weighted by atomic mass is 10.0. The fourth-order valence-electron chi connectivity index (χ4n) is 2.23. The third kappa shape index (κ3) is 2.41. The van der Waals surface area contributed by atoms with Gasteiger partial charge in [0, 0.05) is 28.2 Å². The second-order valence-electron chi connectivity index (χ2n) is 4.57. The molecule has 1 N–H and O–H groups in total. The third-order valence-electron chi connectivity index (χ3n) is 3.24. The van der Waals surface area contributed by atoms with Gasteiger partial charge in [0.1, 0.15) is 0 Å². The van der Waals surface area contributed by atoms with E-state index in [0.717, 1.165) is 28.6 Å². The standard InChI is InChI=1S/C17H10F2N2/c18-15-7-6-12(9-16(15)19)21-17-8-5-11(10-20)13-3-1-2-4-14(13)17/h1-9,21H. The molecule has 0 aliphatic carbocycles. The summed E-state index contributed by atoms with van der Waals surface area (Å²) in [4.78, 5) is 0. The molecular formula is C17H10F2N2. The van der Waals surface area contributed by atoms with Crippen molar-refractivity contribution in [2.45, 2.75) is 0 Å². The van der Waals surface area contributed by atoms with Crippen LogP contribution in [0.5, 0.6) is 0 Å². The number of fused-ring (bicyclic) bond motifs is 1. The van der Waals surface area contributed by atoms with Gasteiger partial charge in [-0.2, -0.15) is 5.26 Å². The summed E-state index contributed by atoms with van der Waals surface area (Å²) in [7, 11) is 0. The monoisotopic (exact) mass is 280 g/mol. The summed E-state index contributed by atoms with van der Waals surface area (Å²) in [5.41, 5.74) is 1.75. The Kier molecular flexibility index (Phi) is 3.25. The van der Waals surface area contributed by atoms with Crippen molar-refractivity contribution in [3.8, 4) is 6.07 Å². The quantitative estimate of drug-likeness (QED) is 0.736. The zero-order chi connectivity index (χ0) is 14.8. The highest BCUT2D eigenvalue weighted by Gasteiger charge is 2.07. The lowest BCUT2D eigenvalue weighted by molar-refractivity contribution is 0.509. The average molecular weight is 280 g/mol. The largest absolute Gasteiger partial charge is 0.355 e. The fraction of sp³-hybridized carbons (Fsp3) is 0. The maximum Gasteiger partial charge on any atom is 0.160 e. The molecule has 0 unspecified atom stereocenters. The van der Waals surface area contributed by atoms with Crippen LogP contribution in [0.25, 0.3) is 10.8 Å². The number of hydrogen-bond donors (Lipinski definition) is 1. The molecule has 3 rings (SSSR count). The van der Waals surface area contributed by atoms with E-state index in [0.29, 0.717) is 11.3 Å². The smallest absolute Gasteiger partial charge is 0.160 e. The van der Waals surface area contributed by atoms with Crippen LogP contribution in [0.2, 0.25) is 0 Å². The first-order valence-corrected chi connectivity index (χ1v) is 6.33. The minimum absolute atomic E-state index is 0.448. The molecule has 3 aromatic rings. The molecule has 3 aromatic carbocycles. The number of benzene rings is 3. The van der Waals surface area contributed by atoms with Crippen LogP contribution < -0.4 is 5.32 Å². The van der Waals surface area contributed by atoms with Crippen molar-refractivity contribution in [3.05, 3.63) is 71.8 Å². The summed E-state index contributed by atoms with van der Waals surface area (Å²) in [6, 6.07) is 16.7. The van der Waals surface area contributed by atoms with E-state index in [9.17, 15) is 8.78 Å². The molecular weight excluding hydrogens is 270 g/mol. The number of halogens is 2. The molecule has 21 heavy (non-hydrogen) atoms. The maximum atomic E-state index is 13.3. The highest BCUT2D eigenvalue weighted by Crippen LogP contribution is 2.29. The van der Waals surface area contributed by atoms with E-state index in [1.54, 1.807) is 12.1 Å². The minimum Gasteiger partial charge on any atom is -0.355 e. The van der Waals surface area contributed by atoms with Gasteiger partial charge in [-0.1, -0.05) is 24.3 Å². The van der Waals surface area contributed by atoms with E-state index < -0.39 is 11.6 Å². The van der Waals surface area contributed by atoms with Crippen molar-refractivity contribution >= 4 is 22.1 Å². The van der Waals surface area contributed by atoms with Crippen LogP contribution in [0.15, 0.2) is 54.6 Å². The van der Waals surface area contributed by atoms with Crippen LogP contribution in [0.4, 0.5) is 20.2 Å². The van der Waals surface area contributed by atoms with E-state index in [-0.39, 0.29) is 0 Å². The van der Waals surface area contributed by atoms with Crippen molar-refractivity contribution < 1.29 is 8.78 Å². The SMILES string of the molecule is N#Cc1ccc(Nc2ccc(F)c(F)c2)c2ccccc12. The molecule has 0 bridgehead atoms. The van der Waals surface area contributed by atoms with E-state index in [4.69, 9.17) is 5.26 Å². The van der Waals surface area contributed by atoms with Crippen LogP contribution in [0, 0.1) is 23.0 Å². The summed E-state index contributed by atoms with van der Waals surface area (Å²) in [5.74, 6) is -1.79. The Morgan fingerprint density at radius 3 is 2.33 bits per heavy atom. The number of nitriles is 1. The Hall–Kier alpha value is -2.93. The van der Waals surface area contributed by atoms with Crippen molar-refractivity contribution in [1.29, 1.82) is 5.26 Å². The molecule has 2 nitrogen and oxygen atoms in total. The molecule has 0 aliphatic heterocycles. The minimum atomic E-state index is -0.905.